The normalized spacial score (nSPS) is 13.8. The summed E-state index contributed by atoms with van der Waals surface area (Å²) in [7, 11) is -9.92. The van der Waals surface area contributed by atoms with Gasteiger partial charge < -0.3 is 33.8 Å². The monoisotopic (exact) mass is 1510 g/mol. The molecule has 0 fully saturated rings. The number of hydrogen-bond donors (Lipinski definition) is 3. The molecule has 0 bridgehead atoms. The first-order valence-electron chi connectivity index (χ1n) is 43.6. The highest BCUT2D eigenvalue weighted by molar-refractivity contribution is 7.47. The number of hydrogen-bond acceptors (Lipinski definition) is 15. The molecule has 0 aliphatic heterocycles. The van der Waals surface area contributed by atoms with Gasteiger partial charge in [-0.3, -0.25) is 37.3 Å². The van der Waals surface area contributed by atoms with Crippen molar-refractivity contribution >= 4 is 39.5 Å². The average molecular weight is 1510 g/mol. The van der Waals surface area contributed by atoms with E-state index in [9.17, 15) is 43.2 Å². The third-order valence-electron chi connectivity index (χ3n) is 19.8. The van der Waals surface area contributed by atoms with Crippen molar-refractivity contribution in [3.05, 3.63) is 0 Å². The van der Waals surface area contributed by atoms with Crippen LogP contribution in [0.25, 0.3) is 0 Å². The zero-order valence-corrected chi connectivity index (χ0v) is 69.3. The van der Waals surface area contributed by atoms with Crippen molar-refractivity contribution < 1.29 is 80.2 Å². The van der Waals surface area contributed by atoms with Gasteiger partial charge in [-0.05, 0) is 31.6 Å². The fraction of sp³-hybridized carbons (Fsp3) is 0.952. The average Bonchev–Trinajstić information content (AvgIpc) is 0.938. The zero-order valence-electron chi connectivity index (χ0n) is 67.5. The first kappa shape index (κ1) is 101. The van der Waals surface area contributed by atoms with Gasteiger partial charge in [-0.1, -0.05) is 401 Å². The lowest BCUT2D eigenvalue weighted by Crippen LogP contribution is -2.30. The Morgan fingerprint density at radius 3 is 0.660 bits per heavy atom. The van der Waals surface area contributed by atoms with Crippen molar-refractivity contribution in [3.63, 3.8) is 0 Å². The van der Waals surface area contributed by atoms with E-state index in [1.807, 2.05) is 0 Å². The Balaban J connectivity index is 5.25. The molecule has 0 saturated heterocycles. The molecule has 5 atom stereocenters. The molecular formula is C84H164O17P2. The molecule has 0 aromatic carbocycles. The lowest BCUT2D eigenvalue weighted by atomic mass is 10.0. The molecule has 0 amide bonds. The van der Waals surface area contributed by atoms with Crippen LogP contribution in [0.1, 0.15) is 452 Å². The summed E-state index contributed by atoms with van der Waals surface area (Å²) in [4.78, 5) is 73.2. The zero-order chi connectivity index (χ0) is 75.5. The number of ether oxygens (including phenoxy) is 4. The Morgan fingerprint density at radius 2 is 0.447 bits per heavy atom. The van der Waals surface area contributed by atoms with E-state index < -0.39 is 97.5 Å². The van der Waals surface area contributed by atoms with Crippen LogP contribution in [0, 0.1) is 5.92 Å². The summed E-state index contributed by atoms with van der Waals surface area (Å²) in [6.07, 6.45) is 69.3. The highest BCUT2D eigenvalue weighted by atomic mass is 31.2. The highest BCUT2D eigenvalue weighted by Gasteiger charge is 2.30. The fourth-order valence-corrected chi connectivity index (χ4v) is 14.7. The van der Waals surface area contributed by atoms with Gasteiger partial charge in [0.1, 0.15) is 19.3 Å². The van der Waals surface area contributed by atoms with Gasteiger partial charge in [-0.15, -0.1) is 0 Å². The van der Waals surface area contributed by atoms with Crippen LogP contribution >= 0.6 is 15.6 Å². The van der Waals surface area contributed by atoms with E-state index in [4.69, 9.17) is 37.0 Å². The van der Waals surface area contributed by atoms with Crippen LogP contribution in [-0.4, -0.2) is 96.7 Å². The van der Waals surface area contributed by atoms with Gasteiger partial charge >= 0.3 is 39.5 Å². The second-order valence-corrected chi connectivity index (χ2v) is 33.6. The summed E-state index contributed by atoms with van der Waals surface area (Å²) in [6, 6.07) is 0. The van der Waals surface area contributed by atoms with E-state index in [-0.39, 0.29) is 25.7 Å². The van der Waals surface area contributed by atoms with Gasteiger partial charge in [0.05, 0.1) is 26.4 Å². The van der Waals surface area contributed by atoms with E-state index in [2.05, 4.69) is 34.6 Å². The topological polar surface area (TPSA) is 237 Å². The minimum atomic E-state index is -4.96. The molecule has 103 heavy (non-hydrogen) atoms. The molecule has 0 rings (SSSR count). The Kier molecular flexibility index (Phi) is 75.4. The molecule has 0 radical (unpaired) electrons. The van der Waals surface area contributed by atoms with E-state index in [0.29, 0.717) is 25.7 Å². The number of carbonyl (C=O) groups is 4. The van der Waals surface area contributed by atoms with Crippen molar-refractivity contribution in [1.29, 1.82) is 0 Å². The summed E-state index contributed by atoms with van der Waals surface area (Å²) >= 11 is 0. The third-order valence-corrected chi connectivity index (χ3v) is 21.7. The summed E-state index contributed by atoms with van der Waals surface area (Å²) in [5, 5.41) is 10.7. The van der Waals surface area contributed by atoms with Crippen LogP contribution in [0.4, 0.5) is 0 Å². The van der Waals surface area contributed by atoms with Crippen LogP contribution in [-0.2, 0) is 65.4 Å². The maximum absolute atomic E-state index is 13.1. The molecule has 0 saturated carbocycles. The summed E-state index contributed by atoms with van der Waals surface area (Å²) in [5.74, 6) is -1.34. The standard InChI is InChI=1S/C84H164O17P2/c1-6-9-12-15-18-21-24-27-29-31-32-33-35-37-39-44-49-54-59-64-69-83(88)100-79(74-95-82(87)68-63-58-53-48-43-38-36-34-30-28-25-22-19-16-13-10-7-2)75-98-102(90,91)96-71-78(85)72-97-103(92,93)99-76-80(73-94-81(86)67-62-57-52-47-42-26-23-20-17-14-11-8-3)101-84(89)70-65-60-55-50-45-40-41-46-51-56-61-66-77(4)5/h77-80,85H,6-76H2,1-5H3,(H,90,91)(H,92,93)/t78-,79-,80-/m1/s1. The molecule has 612 valence electrons. The second-order valence-electron chi connectivity index (χ2n) is 30.7. The Hall–Kier alpha value is -1.94. The SMILES string of the molecule is CCCCCCCCCCCCCCCCCCCCCCC(=O)O[C@H](COC(=O)CCCCCCCCCCCCCCCCCCC)COP(=O)(O)OC[C@@H](O)COP(=O)(O)OC[C@@H](COC(=O)CCCCCCCCCCCCCC)OC(=O)CCCCCCCCCCCCCC(C)C. The molecule has 0 aliphatic rings. The first-order valence-corrected chi connectivity index (χ1v) is 46.6. The summed E-state index contributed by atoms with van der Waals surface area (Å²) in [6.45, 7) is 7.35. The quantitative estimate of drug-likeness (QED) is 0.0222. The maximum atomic E-state index is 13.1. The molecule has 0 heterocycles. The molecule has 19 heteroatoms. The highest BCUT2D eigenvalue weighted by Crippen LogP contribution is 2.45. The smallest absolute Gasteiger partial charge is 0.462 e. The van der Waals surface area contributed by atoms with Crippen LogP contribution < -0.4 is 0 Å². The Morgan fingerprint density at radius 1 is 0.262 bits per heavy atom. The molecule has 0 aromatic rings. The minimum absolute atomic E-state index is 0.107. The van der Waals surface area contributed by atoms with Crippen molar-refractivity contribution in [1.82, 2.24) is 0 Å². The number of unbranched alkanes of at least 4 members (excludes halogenated alkanes) is 56. The molecule has 3 N–H and O–H groups in total. The Labute approximate surface area is 632 Å². The lowest BCUT2D eigenvalue weighted by molar-refractivity contribution is -0.161. The molecule has 0 aliphatic carbocycles. The largest absolute Gasteiger partial charge is 0.472 e. The third kappa shape index (κ3) is 78.0. The van der Waals surface area contributed by atoms with Crippen LogP contribution in [0.3, 0.4) is 0 Å². The van der Waals surface area contributed by atoms with Crippen LogP contribution in [0.5, 0.6) is 0 Å². The number of carbonyl (C=O) groups excluding carboxylic acids is 4. The van der Waals surface area contributed by atoms with Gasteiger partial charge in [-0.25, -0.2) is 9.13 Å². The number of aliphatic hydroxyl groups is 1. The molecule has 0 spiro atoms. The fourth-order valence-electron chi connectivity index (χ4n) is 13.1. The van der Waals surface area contributed by atoms with Gasteiger partial charge in [-0.2, -0.15) is 0 Å². The van der Waals surface area contributed by atoms with E-state index in [0.717, 1.165) is 95.8 Å². The van der Waals surface area contributed by atoms with Crippen LogP contribution in [0.2, 0.25) is 0 Å². The number of rotatable bonds is 84. The predicted octanol–water partition coefficient (Wildman–Crippen LogP) is 25.6. The van der Waals surface area contributed by atoms with Crippen molar-refractivity contribution in [3.8, 4) is 0 Å². The predicted molar refractivity (Wildman–Crippen MR) is 423 cm³/mol. The van der Waals surface area contributed by atoms with Crippen molar-refractivity contribution in [2.45, 2.75) is 470 Å². The summed E-state index contributed by atoms with van der Waals surface area (Å²) in [5.41, 5.74) is 0. The number of phosphoric acid groups is 2. The van der Waals surface area contributed by atoms with Gasteiger partial charge in [0.15, 0.2) is 12.2 Å². The molecule has 17 nitrogen and oxygen atoms in total. The van der Waals surface area contributed by atoms with Crippen molar-refractivity contribution in [2.75, 3.05) is 39.6 Å². The molecule has 0 aromatic heterocycles. The lowest BCUT2D eigenvalue weighted by Gasteiger charge is -2.21. The van der Waals surface area contributed by atoms with E-state index >= 15 is 0 Å². The Bertz CT molecular complexity index is 1960. The number of aliphatic hydroxyl groups excluding tert-OH is 1. The minimum Gasteiger partial charge on any atom is -0.462 e. The van der Waals surface area contributed by atoms with Gasteiger partial charge in [0.25, 0.3) is 0 Å². The van der Waals surface area contributed by atoms with Gasteiger partial charge in [0.2, 0.25) is 0 Å². The molecule has 2 unspecified atom stereocenters. The maximum Gasteiger partial charge on any atom is 0.472 e. The first-order chi connectivity index (χ1) is 50.0. The second kappa shape index (κ2) is 76.8. The number of phosphoric ester groups is 2. The van der Waals surface area contributed by atoms with E-state index in [1.165, 1.54) is 276 Å². The summed E-state index contributed by atoms with van der Waals surface area (Å²) < 4.78 is 68.9. The van der Waals surface area contributed by atoms with Crippen molar-refractivity contribution in [2.24, 2.45) is 5.92 Å². The van der Waals surface area contributed by atoms with E-state index in [1.54, 1.807) is 0 Å². The van der Waals surface area contributed by atoms with Gasteiger partial charge in [0, 0.05) is 25.7 Å². The number of esters is 4. The molecular weight excluding hydrogens is 1340 g/mol. The van der Waals surface area contributed by atoms with Crippen LogP contribution in [0.15, 0.2) is 0 Å².